The molecule has 2 atom stereocenters. The van der Waals surface area contributed by atoms with Gasteiger partial charge in [0, 0.05) is 17.0 Å². The number of rotatable bonds is 3. The van der Waals surface area contributed by atoms with Gasteiger partial charge in [-0.05, 0) is 60.2 Å². The summed E-state index contributed by atoms with van der Waals surface area (Å²) in [6, 6.07) is 5.23. The summed E-state index contributed by atoms with van der Waals surface area (Å²) >= 11 is 9.51. The van der Waals surface area contributed by atoms with Crippen molar-refractivity contribution in [3.8, 4) is 0 Å². The molecule has 2 aromatic heterocycles. The Morgan fingerprint density at radius 3 is 3.11 bits per heavy atom. The second kappa shape index (κ2) is 5.33. The zero-order valence-corrected chi connectivity index (χ0v) is 12.7. The third-order valence-electron chi connectivity index (χ3n) is 3.59. The van der Waals surface area contributed by atoms with E-state index in [2.05, 4.69) is 35.1 Å². The summed E-state index contributed by atoms with van der Waals surface area (Å²) in [6.07, 6.45) is 3.79. The van der Waals surface area contributed by atoms with Gasteiger partial charge in [0.1, 0.15) is 0 Å². The maximum Gasteiger partial charge on any atom is 0.0931 e. The number of nitrogens with one attached hydrogen (secondary N) is 1. The lowest BCUT2D eigenvalue weighted by Crippen LogP contribution is -2.26. The minimum absolute atomic E-state index is 0.365. The fraction of sp³-hybridized carbons (Fsp3) is 0.429. The monoisotopic (exact) mass is 297 g/mol. The molecular weight excluding hydrogens is 282 g/mol. The molecule has 1 nitrogen and oxygen atoms in total. The molecule has 0 saturated carbocycles. The van der Waals surface area contributed by atoms with Gasteiger partial charge >= 0.3 is 0 Å². The molecule has 1 N–H and O–H groups in total. The summed E-state index contributed by atoms with van der Waals surface area (Å²) in [7, 11) is 0. The Hall–Kier alpha value is -0.350. The molecule has 0 aliphatic heterocycles. The molecule has 0 amide bonds. The molecule has 0 spiro atoms. The summed E-state index contributed by atoms with van der Waals surface area (Å²) in [6.45, 7) is 2.22. The molecule has 96 valence electrons. The SMILES string of the molecule is CC(NC1CCCc2sccc21)c1csc(Cl)c1. The van der Waals surface area contributed by atoms with Crippen molar-refractivity contribution in [1.82, 2.24) is 5.32 Å². The van der Waals surface area contributed by atoms with Crippen molar-refractivity contribution in [2.45, 2.75) is 38.3 Å². The first-order valence-corrected chi connectivity index (χ1v) is 8.44. The first kappa shape index (κ1) is 12.7. The molecule has 2 aromatic rings. The predicted molar refractivity (Wildman–Crippen MR) is 80.9 cm³/mol. The van der Waals surface area contributed by atoms with Crippen LogP contribution in [0.2, 0.25) is 4.34 Å². The van der Waals surface area contributed by atoms with Crippen LogP contribution >= 0.6 is 34.3 Å². The summed E-state index contributed by atoms with van der Waals surface area (Å²) < 4.78 is 0.874. The fourth-order valence-electron chi connectivity index (χ4n) is 2.61. The van der Waals surface area contributed by atoms with Gasteiger partial charge < -0.3 is 5.32 Å². The van der Waals surface area contributed by atoms with Crippen LogP contribution in [0.15, 0.2) is 22.9 Å². The smallest absolute Gasteiger partial charge is 0.0931 e. The Morgan fingerprint density at radius 1 is 1.44 bits per heavy atom. The van der Waals surface area contributed by atoms with Gasteiger partial charge in [0.25, 0.3) is 0 Å². The molecule has 0 aromatic carbocycles. The molecule has 0 bridgehead atoms. The zero-order valence-electron chi connectivity index (χ0n) is 10.3. The molecule has 1 aliphatic carbocycles. The Kier molecular flexibility index (Phi) is 3.76. The van der Waals surface area contributed by atoms with Crippen molar-refractivity contribution in [3.05, 3.63) is 43.2 Å². The first-order valence-electron chi connectivity index (χ1n) is 6.30. The maximum atomic E-state index is 6.00. The van der Waals surface area contributed by atoms with Gasteiger partial charge in [-0.25, -0.2) is 0 Å². The van der Waals surface area contributed by atoms with E-state index in [1.54, 1.807) is 16.2 Å². The van der Waals surface area contributed by atoms with Crippen LogP contribution in [-0.2, 0) is 6.42 Å². The number of halogens is 1. The molecule has 0 radical (unpaired) electrons. The van der Waals surface area contributed by atoms with E-state index >= 15 is 0 Å². The lowest BCUT2D eigenvalue weighted by atomic mass is 9.93. The van der Waals surface area contributed by atoms with Crippen LogP contribution in [0, 0.1) is 0 Å². The van der Waals surface area contributed by atoms with E-state index in [9.17, 15) is 0 Å². The normalized spacial score (nSPS) is 20.7. The van der Waals surface area contributed by atoms with E-state index < -0.39 is 0 Å². The molecule has 2 unspecified atom stereocenters. The van der Waals surface area contributed by atoms with E-state index in [-0.39, 0.29) is 0 Å². The third-order valence-corrected chi connectivity index (χ3v) is 5.70. The second-order valence-electron chi connectivity index (χ2n) is 4.82. The van der Waals surface area contributed by atoms with Gasteiger partial charge in [-0.1, -0.05) is 11.6 Å². The lowest BCUT2D eigenvalue weighted by Gasteiger charge is -2.27. The van der Waals surface area contributed by atoms with Crippen LogP contribution in [-0.4, -0.2) is 0 Å². The largest absolute Gasteiger partial charge is 0.303 e. The number of fused-ring (bicyclic) bond motifs is 1. The van der Waals surface area contributed by atoms with Crippen molar-refractivity contribution >= 4 is 34.3 Å². The summed E-state index contributed by atoms with van der Waals surface area (Å²) in [5.74, 6) is 0. The quantitative estimate of drug-likeness (QED) is 0.822. The standard InChI is InChI=1S/C14H16ClNS2/c1-9(10-7-14(15)18-8-10)16-12-3-2-4-13-11(12)5-6-17-13/h5-9,12,16H,2-4H2,1H3. The number of thiophene rings is 2. The van der Waals surface area contributed by atoms with Gasteiger partial charge in [-0.15, -0.1) is 22.7 Å². The summed E-state index contributed by atoms with van der Waals surface area (Å²) in [4.78, 5) is 1.56. The molecule has 2 heterocycles. The van der Waals surface area contributed by atoms with Gasteiger partial charge in [0.15, 0.2) is 0 Å². The van der Waals surface area contributed by atoms with E-state index in [0.29, 0.717) is 12.1 Å². The van der Waals surface area contributed by atoms with Crippen molar-refractivity contribution < 1.29 is 0 Å². The number of hydrogen-bond donors (Lipinski definition) is 1. The Bertz CT molecular complexity index is 531. The average molecular weight is 298 g/mol. The molecule has 0 fully saturated rings. The Labute approximate surface area is 121 Å². The second-order valence-corrected chi connectivity index (χ2v) is 7.36. The lowest BCUT2D eigenvalue weighted by molar-refractivity contribution is 0.419. The van der Waals surface area contributed by atoms with Crippen LogP contribution in [0.25, 0.3) is 0 Å². The Balaban J connectivity index is 1.74. The topological polar surface area (TPSA) is 12.0 Å². The molecule has 3 rings (SSSR count). The first-order chi connectivity index (χ1) is 8.74. The van der Waals surface area contributed by atoms with Crippen molar-refractivity contribution in [2.24, 2.45) is 0 Å². The van der Waals surface area contributed by atoms with E-state index in [4.69, 9.17) is 11.6 Å². The molecular formula is C14H16ClNS2. The van der Waals surface area contributed by atoms with Crippen molar-refractivity contribution in [2.75, 3.05) is 0 Å². The summed E-state index contributed by atoms with van der Waals surface area (Å²) in [5, 5.41) is 8.11. The average Bonchev–Trinajstić information content (AvgIpc) is 2.97. The van der Waals surface area contributed by atoms with Gasteiger partial charge in [-0.2, -0.15) is 0 Å². The van der Waals surface area contributed by atoms with Gasteiger partial charge in [0.2, 0.25) is 0 Å². The number of hydrogen-bond acceptors (Lipinski definition) is 3. The highest BCUT2D eigenvalue weighted by atomic mass is 35.5. The van der Waals surface area contributed by atoms with E-state index in [1.165, 1.54) is 30.4 Å². The predicted octanol–water partition coefficient (Wildman–Crippen LogP) is 5.19. The van der Waals surface area contributed by atoms with Crippen LogP contribution in [0.3, 0.4) is 0 Å². The molecule has 0 saturated heterocycles. The highest BCUT2D eigenvalue weighted by Gasteiger charge is 2.22. The van der Waals surface area contributed by atoms with E-state index in [0.717, 1.165) is 4.34 Å². The third kappa shape index (κ3) is 2.50. The van der Waals surface area contributed by atoms with Gasteiger partial charge in [0.05, 0.1) is 4.34 Å². The maximum absolute atomic E-state index is 6.00. The van der Waals surface area contributed by atoms with Crippen molar-refractivity contribution in [1.29, 1.82) is 0 Å². The van der Waals surface area contributed by atoms with Gasteiger partial charge in [-0.3, -0.25) is 0 Å². The molecule has 18 heavy (non-hydrogen) atoms. The molecule has 1 aliphatic rings. The molecule has 4 heteroatoms. The minimum Gasteiger partial charge on any atom is -0.303 e. The zero-order chi connectivity index (χ0) is 12.5. The van der Waals surface area contributed by atoms with Crippen LogP contribution in [0.4, 0.5) is 0 Å². The highest BCUT2D eigenvalue weighted by molar-refractivity contribution is 7.14. The highest BCUT2D eigenvalue weighted by Crippen LogP contribution is 2.35. The Morgan fingerprint density at radius 2 is 2.33 bits per heavy atom. The van der Waals surface area contributed by atoms with Crippen LogP contribution < -0.4 is 5.32 Å². The van der Waals surface area contributed by atoms with E-state index in [1.807, 2.05) is 11.3 Å². The van der Waals surface area contributed by atoms with Crippen LogP contribution in [0.1, 0.15) is 47.9 Å². The minimum atomic E-state index is 0.365. The fourth-order valence-corrected chi connectivity index (χ4v) is 4.58. The number of aryl methyl sites for hydroxylation is 1. The summed E-state index contributed by atoms with van der Waals surface area (Å²) in [5.41, 5.74) is 2.81. The van der Waals surface area contributed by atoms with Crippen molar-refractivity contribution in [3.63, 3.8) is 0 Å². The van der Waals surface area contributed by atoms with Crippen LogP contribution in [0.5, 0.6) is 0 Å².